The summed E-state index contributed by atoms with van der Waals surface area (Å²) in [7, 11) is 0. The van der Waals surface area contributed by atoms with E-state index in [1.54, 1.807) is 4.90 Å². The minimum Gasteiger partial charge on any atom is -0.314 e. The molecule has 25 heavy (non-hydrogen) atoms. The number of piperazine rings is 1. The molecule has 1 atom stereocenters. The van der Waals surface area contributed by atoms with Crippen molar-refractivity contribution in [3.05, 3.63) is 47.5 Å². The Morgan fingerprint density at radius 3 is 2.00 bits per heavy atom. The average Bonchev–Trinajstić information content (AvgIpc) is 2.47. The molecule has 2 nitrogen and oxygen atoms in total. The lowest BCUT2D eigenvalue weighted by molar-refractivity contribution is -0.143. The molecule has 144 valence electrons. The molecule has 0 amide bonds. The molecule has 0 unspecified atom stereocenters. The fraction of sp³-hybridized carbons (Fsp3) is 0.467. The van der Waals surface area contributed by atoms with Gasteiger partial charge in [-0.15, -0.1) is 31.4 Å². The average molecular weight is 411 g/mol. The zero-order chi connectivity index (χ0) is 17.3. The number of nitrogens with one attached hydrogen (secondary N) is 1. The molecule has 1 aromatic rings. The number of hydrogen-bond donors (Lipinski definition) is 1. The van der Waals surface area contributed by atoms with E-state index >= 15 is 0 Å². The van der Waals surface area contributed by atoms with Crippen LogP contribution in [0.25, 0.3) is 0 Å². The summed E-state index contributed by atoms with van der Waals surface area (Å²) in [6, 6.07) is 0.980. The molecule has 1 N–H and O–H groups in total. The van der Waals surface area contributed by atoms with Crippen LogP contribution in [0, 0.1) is 0 Å². The van der Waals surface area contributed by atoms with E-state index in [0.29, 0.717) is 32.2 Å². The minimum absolute atomic E-state index is 0. The summed E-state index contributed by atoms with van der Waals surface area (Å²) in [5.74, 6) is 0. The molecular formula is C15H18Cl2F6N2. The third kappa shape index (κ3) is 5.77. The molecule has 1 heterocycles. The molecule has 1 saturated heterocycles. The van der Waals surface area contributed by atoms with Crippen molar-refractivity contribution in [2.24, 2.45) is 0 Å². The van der Waals surface area contributed by atoms with Gasteiger partial charge in [-0.2, -0.15) is 26.3 Å². The lowest BCUT2D eigenvalue weighted by atomic mass is 9.95. The lowest BCUT2D eigenvalue weighted by Gasteiger charge is -2.34. The summed E-state index contributed by atoms with van der Waals surface area (Å²) in [5, 5.41) is 3.07. The Morgan fingerprint density at radius 1 is 1.00 bits per heavy atom. The summed E-state index contributed by atoms with van der Waals surface area (Å²) < 4.78 is 77.9. The standard InChI is InChI=1S/C15H16F6N2.2ClH/c1-2-13(23-7-5-22-6-8-23)11-4-3-10(14(16,17)18)9-12(11)15(19,20)21;;/h2-4,9,13,22H,1,5-8H2;2*1H/t13-;;/m0../s1. The third-order valence-electron chi connectivity index (χ3n) is 3.77. The van der Waals surface area contributed by atoms with E-state index < -0.39 is 29.5 Å². The van der Waals surface area contributed by atoms with Gasteiger partial charge in [-0.05, 0) is 17.7 Å². The summed E-state index contributed by atoms with van der Waals surface area (Å²) in [6.07, 6.45) is -8.35. The Bertz CT molecular complexity index is 568. The van der Waals surface area contributed by atoms with Crippen LogP contribution in [-0.2, 0) is 12.4 Å². The highest BCUT2D eigenvalue weighted by Crippen LogP contribution is 2.40. The Balaban J connectivity index is 0.00000288. The van der Waals surface area contributed by atoms with Gasteiger partial charge in [0.15, 0.2) is 0 Å². The van der Waals surface area contributed by atoms with Crippen molar-refractivity contribution in [1.29, 1.82) is 0 Å². The third-order valence-corrected chi connectivity index (χ3v) is 3.77. The summed E-state index contributed by atoms with van der Waals surface area (Å²) in [4.78, 5) is 1.77. The first-order valence-electron chi connectivity index (χ1n) is 7.00. The molecule has 1 aliphatic heterocycles. The molecule has 0 aliphatic carbocycles. The Hall–Kier alpha value is -0.960. The predicted molar refractivity (Wildman–Crippen MR) is 88.3 cm³/mol. The van der Waals surface area contributed by atoms with Crippen LogP contribution in [0.15, 0.2) is 30.9 Å². The van der Waals surface area contributed by atoms with E-state index in [2.05, 4.69) is 11.9 Å². The maximum absolute atomic E-state index is 13.2. The first kappa shape index (κ1) is 24.0. The minimum atomic E-state index is -4.87. The lowest BCUT2D eigenvalue weighted by Crippen LogP contribution is -2.45. The molecule has 0 aromatic heterocycles. The van der Waals surface area contributed by atoms with E-state index in [0.717, 1.165) is 6.07 Å². The van der Waals surface area contributed by atoms with Crippen LogP contribution in [0.2, 0.25) is 0 Å². The Labute approximate surface area is 154 Å². The van der Waals surface area contributed by atoms with Crippen LogP contribution < -0.4 is 5.32 Å². The molecular weight excluding hydrogens is 393 g/mol. The highest BCUT2D eigenvalue weighted by Gasteiger charge is 2.39. The predicted octanol–water partition coefficient (Wildman–Crippen LogP) is 4.70. The largest absolute Gasteiger partial charge is 0.416 e. The zero-order valence-electron chi connectivity index (χ0n) is 13.0. The molecule has 1 fully saturated rings. The van der Waals surface area contributed by atoms with Gasteiger partial charge in [0.05, 0.1) is 17.2 Å². The second kappa shape index (κ2) is 9.12. The number of halogens is 8. The first-order chi connectivity index (χ1) is 10.6. The fourth-order valence-electron chi connectivity index (χ4n) is 2.67. The maximum Gasteiger partial charge on any atom is 0.416 e. The summed E-state index contributed by atoms with van der Waals surface area (Å²) in [5.41, 5.74) is -2.78. The van der Waals surface area contributed by atoms with Crippen molar-refractivity contribution in [3.8, 4) is 0 Å². The van der Waals surface area contributed by atoms with E-state index in [9.17, 15) is 26.3 Å². The Morgan fingerprint density at radius 2 is 1.56 bits per heavy atom. The van der Waals surface area contributed by atoms with Crippen molar-refractivity contribution in [1.82, 2.24) is 10.2 Å². The zero-order valence-corrected chi connectivity index (χ0v) is 14.6. The van der Waals surface area contributed by atoms with E-state index in [1.807, 2.05) is 0 Å². The van der Waals surface area contributed by atoms with Crippen LogP contribution in [-0.4, -0.2) is 31.1 Å². The summed E-state index contributed by atoms with van der Waals surface area (Å²) >= 11 is 0. The first-order valence-corrected chi connectivity index (χ1v) is 7.00. The number of hydrogen-bond acceptors (Lipinski definition) is 2. The number of rotatable bonds is 3. The topological polar surface area (TPSA) is 15.3 Å². The second-order valence-corrected chi connectivity index (χ2v) is 5.26. The van der Waals surface area contributed by atoms with Gasteiger partial charge in [0, 0.05) is 26.2 Å². The number of nitrogens with zero attached hydrogens (tertiary/aromatic N) is 1. The molecule has 0 saturated carbocycles. The van der Waals surface area contributed by atoms with Gasteiger partial charge in [-0.1, -0.05) is 12.1 Å². The molecule has 0 bridgehead atoms. The van der Waals surface area contributed by atoms with Crippen molar-refractivity contribution in [3.63, 3.8) is 0 Å². The van der Waals surface area contributed by atoms with Crippen LogP contribution in [0.4, 0.5) is 26.3 Å². The van der Waals surface area contributed by atoms with Crippen molar-refractivity contribution < 1.29 is 26.3 Å². The molecule has 10 heteroatoms. The van der Waals surface area contributed by atoms with Gasteiger partial charge in [-0.25, -0.2) is 0 Å². The number of benzene rings is 1. The van der Waals surface area contributed by atoms with E-state index in [4.69, 9.17) is 0 Å². The van der Waals surface area contributed by atoms with Gasteiger partial charge in [0.25, 0.3) is 0 Å². The molecule has 0 spiro atoms. The molecule has 0 radical (unpaired) electrons. The van der Waals surface area contributed by atoms with Gasteiger partial charge in [0.1, 0.15) is 0 Å². The van der Waals surface area contributed by atoms with Gasteiger partial charge in [0.2, 0.25) is 0 Å². The number of alkyl halides is 6. The van der Waals surface area contributed by atoms with Gasteiger partial charge >= 0.3 is 12.4 Å². The smallest absolute Gasteiger partial charge is 0.314 e. The van der Waals surface area contributed by atoms with E-state index in [-0.39, 0.29) is 36.4 Å². The summed E-state index contributed by atoms with van der Waals surface area (Å²) in [6.45, 7) is 5.75. The molecule has 1 aliphatic rings. The highest BCUT2D eigenvalue weighted by molar-refractivity contribution is 5.85. The molecule has 1 aromatic carbocycles. The van der Waals surface area contributed by atoms with Gasteiger partial charge in [-0.3, -0.25) is 4.90 Å². The maximum atomic E-state index is 13.2. The van der Waals surface area contributed by atoms with Crippen LogP contribution >= 0.6 is 24.8 Å². The highest BCUT2D eigenvalue weighted by atomic mass is 35.5. The van der Waals surface area contributed by atoms with Crippen LogP contribution in [0.5, 0.6) is 0 Å². The second-order valence-electron chi connectivity index (χ2n) is 5.26. The van der Waals surface area contributed by atoms with E-state index in [1.165, 1.54) is 6.08 Å². The van der Waals surface area contributed by atoms with Crippen molar-refractivity contribution in [2.45, 2.75) is 18.4 Å². The quantitative estimate of drug-likeness (QED) is 0.573. The van der Waals surface area contributed by atoms with Crippen molar-refractivity contribution in [2.75, 3.05) is 26.2 Å². The Kier molecular flexibility index (Phi) is 8.77. The fourth-order valence-corrected chi connectivity index (χ4v) is 2.67. The van der Waals surface area contributed by atoms with Crippen molar-refractivity contribution >= 4 is 24.8 Å². The normalized spacial score (nSPS) is 17.2. The van der Waals surface area contributed by atoms with Crippen LogP contribution in [0.1, 0.15) is 22.7 Å². The molecule has 2 rings (SSSR count). The van der Waals surface area contributed by atoms with Gasteiger partial charge < -0.3 is 5.32 Å². The monoisotopic (exact) mass is 410 g/mol. The van der Waals surface area contributed by atoms with Crippen LogP contribution in [0.3, 0.4) is 0 Å². The SMILES string of the molecule is C=C[C@@H](c1ccc(C(F)(F)F)cc1C(F)(F)F)N1CCNCC1.Cl.Cl.